The average molecular weight is 397 g/mol. The first-order valence-corrected chi connectivity index (χ1v) is 9.78. The summed E-state index contributed by atoms with van der Waals surface area (Å²) < 4.78 is 5.05. The third-order valence-corrected chi connectivity index (χ3v) is 4.93. The van der Waals surface area contributed by atoms with Crippen LogP contribution >= 0.6 is 0 Å². The number of carbonyl (C=O) groups excluding carboxylic acids is 2. The van der Waals surface area contributed by atoms with Gasteiger partial charge in [0.05, 0.1) is 6.61 Å². The predicted molar refractivity (Wildman–Crippen MR) is 111 cm³/mol. The summed E-state index contributed by atoms with van der Waals surface area (Å²) in [5.41, 5.74) is 4.05. The van der Waals surface area contributed by atoms with Gasteiger partial charge >= 0.3 is 6.09 Å². The van der Waals surface area contributed by atoms with Crippen LogP contribution in [0.25, 0.3) is 0 Å². The monoisotopic (exact) mass is 397 g/mol. The quantitative estimate of drug-likeness (QED) is 0.853. The van der Waals surface area contributed by atoms with E-state index in [0.717, 1.165) is 11.3 Å². The molecule has 0 bridgehead atoms. The molecular weight excluding hydrogens is 370 g/mol. The Hall–Kier alpha value is -3.16. The standard InChI is InChI=1S/C21H27N5O3/c1-5-29-21(28)26-10-8-25(9-11-26)20-22-16(4)13-18(24-20)19(27)23-17-7-6-14(2)15(3)12-17/h6-7,12-13H,5,8-11H2,1-4H3,(H,23,27). The maximum atomic E-state index is 12.7. The number of hydrogen-bond acceptors (Lipinski definition) is 6. The SMILES string of the molecule is CCOC(=O)N1CCN(c2nc(C)cc(C(=O)Nc3ccc(C)c(C)c3)n2)CC1. The van der Waals surface area contributed by atoms with Crippen LogP contribution in [0.5, 0.6) is 0 Å². The van der Waals surface area contributed by atoms with E-state index in [1.54, 1.807) is 17.9 Å². The highest BCUT2D eigenvalue weighted by atomic mass is 16.6. The molecule has 0 aliphatic carbocycles. The maximum Gasteiger partial charge on any atom is 0.409 e. The van der Waals surface area contributed by atoms with Gasteiger partial charge in [-0.1, -0.05) is 6.07 Å². The minimum atomic E-state index is -0.300. The number of piperazine rings is 1. The third kappa shape index (κ3) is 5.01. The van der Waals surface area contributed by atoms with Gasteiger partial charge in [-0.15, -0.1) is 0 Å². The second-order valence-corrected chi connectivity index (χ2v) is 7.12. The summed E-state index contributed by atoms with van der Waals surface area (Å²) in [6.07, 6.45) is -0.300. The van der Waals surface area contributed by atoms with Crippen molar-refractivity contribution in [2.75, 3.05) is 43.0 Å². The lowest BCUT2D eigenvalue weighted by atomic mass is 10.1. The van der Waals surface area contributed by atoms with Crippen LogP contribution in [0.1, 0.15) is 34.2 Å². The summed E-state index contributed by atoms with van der Waals surface area (Å²) in [5, 5.41) is 2.90. The molecule has 2 amide bonds. The normalized spacial score (nSPS) is 13.9. The fraction of sp³-hybridized carbons (Fsp3) is 0.429. The Kier molecular flexibility index (Phi) is 6.31. The number of ether oxygens (including phenoxy) is 1. The first-order valence-electron chi connectivity index (χ1n) is 9.78. The van der Waals surface area contributed by atoms with E-state index in [2.05, 4.69) is 15.3 Å². The molecule has 0 radical (unpaired) electrons. The minimum absolute atomic E-state index is 0.273. The van der Waals surface area contributed by atoms with E-state index in [9.17, 15) is 9.59 Å². The number of anilines is 2. The lowest BCUT2D eigenvalue weighted by Gasteiger charge is -2.34. The smallest absolute Gasteiger partial charge is 0.409 e. The van der Waals surface area contributed by atoms with Crippen LogP contribution in [0.4, 0.5) is 16.4 Å². The molecule has 1 saturated heterocycles. The Morgan fingerprint density at radius 1 is 1.03 bits per heavy atom. The van der Waals surface area contributed by atoms with Gasteiger partial charge in [0.25, 0.3) is 5.91 Å². The molecule has 1 aromatic heterocycles. The zero-order valence-corrected chi connectivity index (χ0v) is 17.4. The van der Waals surface area contributed by atoms with E-state index < -0.39 is 0 Å². The lowest BCUT2D eigenvalue weighted by molar-refractivity contribution is 0.102. The predicted octanol–water partition coefficient (Wildman–Crippen LogP) is 2.93. The molecule has 154 valence electrons. The van der Waals surface area contributed by atoms with Gasteiger partial charge in [-0.2, -0.15) is 0 Å². The fourth-order valence-electron chi connectivity index (χ4n) is 3.13. The Morgan fingerprint density at radius 3 is 2.41 bits per heavy atom. The number of amides is 2. The molecule has 0 atom stereocenters. The number of nitrogens with one attached hydrogen (secondary N) is 1. The molecule has 8 nitrogen and oxygen atoms in total. The van der Waals surface area contributed by atoms with Crippen molar-refractivity contribution < 1.29 is 14.3 Å². The summed E-state index contributed by atoms with van der Waals surface area (Å²) in [6.45, 7) is 10.3. The number of aryl methyl sites for hydroxylation is 3. The van der Waals surface area contributed by atoms with E-state index in [0.29, 0.717) is 50.1 Å². The molecular formula is C21H27N5O3. The number of aromatic nitrogens is 2. The summed E-state index contributed by atoms with van der Waals surface area (Å²) >= 11 is 0. The van der Waals surface area contributed by atoms with Crippen molar-refractivity contribution in [3.63, 3.8) is 0 Å². The van der Waals surface area contributed by atoms with Crippen LogP contribution in [0.2, 0.25) is 0 Å². The average Bonchev–Trinajstić information content (AvgIpc) is 2.70. The summed E-state index contributed by atoms with van der Waals surface area (Å²) in [7, 11) is 0. The van der Waals surface area contributed by atoms with Crippen LogP contribution in [-0.2, 0) is 4.74 Å². The van der Waals surface area contributed by atoms with Gasteiger partial charge in [0.2, 0.25) is 5.95 Å². The molecule has 2 aromatic rings. The molecule has 1 N–H and O–H groups in total. The van der Waals surface area contributed by atoms with Gasteiger partial charge in [0.1, 0.15) is 5.69 Å². The molecule has 1 fully saturated rings. The number of carbonyl (C=O) groups is 2. The Labute approximate surface area is 170 Å². The first kappa shape index (κ1) is 20.6. The van der Waals surface area contributed by atoms with Crippen molar-refractivity contribution in [3.8, 4) is 0 Å². The second-order valence-electron chi connectivity index (χ2n) is 7.12. The van der Waals surface area contributed by atoms with Crippen LogP contribution < -0.4 is 10.2 Å². The zero-order valence-electron chi connectivity index (χ0n) is 17.4. The van der Waals surface area contributed by atoms with Crippen LogP contribution in [0, 0.1) is 20.8 Å². The highest BCUT2D eigenvalue weighted by Gasteiger charge is 2.24. The molecule has 1 aliphatic heterocycles. The minimum Gasteiger partial charge on any atom is -0.450 e. The lowest BCUT2D eigenvalue weighted by Crippen LogP contribution is -2.49. The van der Waals surface area contributed by atoms with Crippen molar-refractivity contribution in [3.05, 3.63) is 46.8 Å². The first-order chi connectivity index (χ1) is 13.9. The fourth-order valence-corrected chi connectivity index (χ4v) is 3.13. The van der Waals surface area contributed by atoms with Crippen molar-refractivity contribution in [2.45, 2.75) is 27.7 Å². The molecule has 0 spiro atoms. The molecule has 3 rings (SSSR count). The van der Waals surface area contributed by atoms with Crippen molar-refractivity contribution in [1.29, 1.82) is 0 Å². The summed E-state index contributed by atoms with van der Waals surface area (Å²) in [6, 6.07) is 7.47. The molecule has 0 saturated carbocycles. The topological polar surface area (TPSA) is 87.7 Å². The van der Waals surface area contributed by atoms with E-state index >= 15 is 0 Å². The molecule has 29 heavy (non-hydrogen) atoms. The van der Waals surface area contributed by atoms with Gasteiger partial charge in [0, 0.05) is 37.6 Å². The highest BCUT2D eigenvalue weighted by Crippen LogP contribution is 2.17. The van der Waals surface area contributed by atoms with Crippen molar-refractivity contribution in [2.24, 2.45) is 0 Å². The number of rotatable bonds is 4. The van der Waals surface area contributed by atoms with Gasteiger partial charge in [-0.05, 0) is 57.0 Å². The maximum absolute atomic E-state index is 12.7. The van der Waals surface area contributed by atoms with Crippen LogP contribution in [0.3, 0.4) is 0 Å². The summed E-state index contributed by atoms with van der Waals surface area (Å²) in [4.78, 5) is 37.2. The number of hydrogen-bond donors (Lipinski definition) is 1. The molecule has 0 unspecified atom stereocenters. The molecule has 2 heterocycles. The Morgan fingerprint density at radius 2 is 1.76 bits per heavy atom. The zero-order chi connectivity index (χ0) is 21.0. The van der Waals surface area contributed by atoms with E-state index in [1.165, 1.54) is 5.56 Å². The molecule has 1 aromatic carbocycles. The van der Waals surface area contributed by atoms with E-state index in [-0.39, 0.29) is 12.0 Å². The number of benzene rings is 1. The highest BCUT2D eigenvalue weighted by molar-refractivity contribution is 6.03. The van der Waals surface area contributed by atoms with Crippen LogP contribution in [-0.4, -0.2) is 59.7 Å². The van der Waals surface area contributed by atoms with Gasteiger partial charge in [-0.25, -0.2) is 14.8 Å². The number of nitrogens with zero attached hydrogens (tertiary/aromatic N) is 4. The second kappa shape index (κ2) is 8.89. The molecule has 8 heteroatoms. The largest absolute Gasteiger partial charge is 0.450 e. The van der Waals surface area contributed by atoms with Crippen molar-refractivity contribution in [1.82, 2.24) is 14.9 Å². The van der Waals surface area contributed by atoms with Gasteiger partial charge < -0.3 is 19.9 Å². The summed E-state index contributed by atoms with van der Waals surface area (Å²) in [5.74, 6) is 0.226. The van der Waals surface area contributed by atoms with Crippen LogP contribution in [0.15, 0.2) is 24.3 Å². The van der Waals surface area contributed by atoms with E-state index in [4.69, 9.17) is 4.74 Å². The Bertz CT molecular complexity index is 907. The third-order valence-electron chi connectivity index (χ3n) is 4.93. The molecule has 1 aliphatic rings. The van der Waals surface area contributed by atoms with Crippen molar-refractivity contribution >= 4 is 23.6 Å². The van der Waals surface area contributed by atoms with Gasteiger partial charge in [-0.3, -0.25) is 4.79 Å². The van der Waals surface area contributed by atoms with Gasteiger partial charge in [0.15, 0.2) is 0 Å². The Balaban J connectivity index is 1.70. The van der Waals surface area contributed by atoms with E-state index in [1.807, 2.05) is 43.9 Å².